The minimum atomic E-state index is 0.415. The summed E-state index contributed by atoms with van der Waals surface area (Å²) in [5, 5.41) is 6.72. The maximum absolute atomic E-state index is 4.32. The molecule has 0 fully saturated rings. The third-order valence-electron chi connectivity index (χ3n) is 2.50. The minimum absolute atomic E-state index is 0.415. The third-order valence-corrected chi connectivity index (χ3v) is 3.28. The van der Waals surface area contributed by atoms with Gasteiger partial charge in [-0.15, -0.1) is 11.3 Å². The van der Waals surface area contributed by atoms with Crippen molar-refractivity contribution in [2.45, 2.75) is 25.8 Å². The molecule has 2 nitrogen and oxygen atoms in total. The average molecular weight is 220 g/mol. The lowest BCUT2D eigenvalue weighted by atomic mass is 10.0. The van der Waals surface area contributed by atoms with Gasteiger partial charge in [0.25, 0.3) is 0 Å². The Balaban J connectivity index is 2.02. The zero-order valence-corrected chi connectivity index (χ0v) is 9.76. The van der Waals surface area contributed by atoms with Crippen molar-refractivity contribution in [1.82, 2.24) is 10.3 Å². The van der Waals surface area contributed by atoms with E-state index < -0.39 is 0 Å². The Kier molecular flexibility index (Phi) is 3.69. The van der Waals surface area contributed by atoms with Gasteiger partial charge in [-0.1, -0.05) is 23.8 Å². The molecule has 0 spiro atoms. The average Bonchev–Trinajstić information content (AvgIpc) is 2.71. The molecule has 1 atom stereocenters. The predicted octanol–water partition coefficient (Wildman–Crippen LogP) is 2.55. The summed E-state index contributed by atoms with van der Waals surface area (Å²) in [6.07, 6.45) is 10.7. The molecule has 0 aliphatic carbocycles. The van der Waals surface area contributed by atoms with Crippen LogP contribution in [0.4, 0.5) is 0 Å². The van der Waals surface area contributed by atoms with Gasteiger partial charge in [0.15, 0.2) is 0 Å². The first-order valence-corrected chi connectivity index (χ1v) is 6.20. The van der Waals surface area contributed by atoms with Crippen molar-refractivity contribution in [1.29, 1.82) is 0 Å². The molecule has 15 heavy (non-hydrogen) atoms. The summed E-state index contributed by atoms with van der Waals surface area (Å²) in [5.41, 5.74) is 1.51. The molecule has 3 heteroatoms. The van der Waals surface area contributed by atoms with Gasteiger partial charge in [-0.25, -0.2) is 4.98 Å². The van der Waals surface area contributed by atoms with Crippen LogP contribution in [-0.2, 0) is 6.42 Å². The van der Waals surface area contributed by atoms with Crippen molar-refractivity contribution < 1.29 is 0 Å². The minimum Gasteiger partial charge on any atom is -0.307 e. The molecule has 2 heterocycles. The topological polar surface area (TPSA) is 24.9 Å². The summed E-state index contributed by atoms with van der Waals surface area (Å²) in [6.45, 7) is 3.14. The second-order valence-corrected chi connectivity index (χ2v) is 4.66. The quantitative estimate of drug-likeness (QED) is 0.792. The highest BCUT2D eigenvalue weighted by Gasteiger charge is 2.10. The maximum atomic E-state index is 4.32. The zero-order valence-electron chi connectivity index (χ0n) is 8.94. The number of allylic oxidation sites excluding steroid dienone is 1. The fourth-order valence-corrected chi connectivity index (χ4v) is 2.48. The van der Waals surface area contributed by atoms with E-state index in [2.05, 4.69) is 35.5 Å². The van der Waals surface area contributed by atoms with Gasteiger partial charge >= 0.3 is 0 Å². The SMILES string of the molecule is CC=CC1C=C(Cc2nccs2)CCN1. The van der Waals surface area contributed by atoms with Crippen LogP contribution in [-0.4, -0.2) is 17.6 Å². The molecule has 1 unspecified atom stereocenters. The lowest BCUT2D eigenvalue weighted by Gasteiger charge is -2.19. The molecule has 1 N–H and O–H groups in total. The van der Waals surface area contributed by atoms with Crippen LogP contribution in [0.15, 0.2) is 35.4 Å². The Bertz CT molecular complexity index is 352. The van der Waals surface area contributed by atoms with E-state index in [-0.39, 0.29) is 0 Å². The van der Waals surface area contributed by atoms with E-state index in [1.54, 1.807) is 11.3 Å². The van der Waals surface area contributed by atoms with E-state index in [4.69, 9.17) is 0 Å². The largest absolute Gasteiger partial charge is 0.307 e. The molecule has 1 aliphatic rings. The van der Waals surface area contributed by atoms with Gasteiger partial charge in [0, 0.05) is 24.0 Å². The fraction of sp³-hybridized carbons (Fsp3) is 0.417. The highest BCUT2D eigenvalue weighted by Crippen LogP contribution is 2.16. The first-order chi connectivity index (χ1) is 7.38. The number of thiazole rings is 1. The van der Waals surface area contributed by atoms with E-state index in [9.17, 15) is 0 Å². The molecule has 0 saturated carbocycles. The molecule has 0 amide bonds. The fourth-order valence-electron chi connectivity index (χ4n) is 1.81. The van der Waals surface area contributed by atoms with Gasteiger partial charge in [0.2, 0.25) is 0 Å². The van der Waals surface area contributed by atoms with Crippen molar-refractivity contribution in [3.63, 3.8) is 0 Å². The van der Waals surface area contributed by atoms with E-state index >= 15 is 0 Å². The van der Waals surface area contributed by atoms with Crippen molar-refractivity contribution in [2.24, 2.45) is 0 Å². The maximum Gasteiger partial charge on any atom is 0.0965 e. The van der Waals surface area contributed by atoms with E-state index in [1.165, 1.54) is 10.6 Å². The second-order valence-electron chi connectivity index (χ2n) is 3.68. The molecule has 80 valence electrons. The van der Waals surface area contributed by atoms with Crippen molar-refractivity contribution in [3.05, 3.63) is 40.4 Å². The second kappa shape index (κ2) is 5.24. The van der Waals surface area contributed by atoms with Gasteiger partial charge in [0.05, 0.1) is 5.01 Å². The highest BCUT2D eigenvalue weighted by atomic mass is 32.1. The Labute approximate surface area is 94.7 Å². The summed E-state index contributed by atoms with van der Waals surface area (Å²) in [5.74, 6) is 0. The predicted molar refractivity (Wildman–Crippen MR) is 65.1 cm³/mol. The molecule has 1 aromatic heterocycles. The van der Waals surface area contributed by atoms with Crippen LogP contribution in [0.2, 0.25) is 0 Å². The van der Waals surface area contributed by atoms with Gasteiger partial charge in [-0.3, -0.25) is 0 Å². The van der Waals surface area contributed by atoms with Gasteiger partial charge in [-0.2, -0.15) is 0 Å². The monoisotopic (exact) mass is 220 g/mol. The van der Waals surface area contributed by atoms with Gasteiger partial charge < -0.3 is 5.32 Å². The summed E-state index contributed by atoms with van der Waals surface area (Å²) >= 11 is 1.74. The Morgan fingerprint density at radius 3 is 3.33 bits per heavy atom. The van der Waals surface area contributed by atoms with Crippen LogP contribution >= 0.6 is 11.3 Å². The van der Waals surface area contributed by atoms with Crippen LogP contribution < -0.4 is 5.32 Å². The van der Waals surface area contributed by atoms with Crippen LogP contribution in [0.5, 0.6) is 0 Å². The number of nitrogens with zero attached hydrogens (tertiary/aromatic N) is 1. The number of rotatable bonds is 3. The Morgan fingerprint density at radius 1 is 1.67 bits per heavy atom. The smallest absolute Gasteiger partial charge is 0.0965 e. The first kappa shape index (κ1) is 10.6. The van der Waals surface area contributed by atoms with Crippen molar-refractivity contribution in [3.8, 4) is 0 Å². The first-order valence-electron chi connectivity index (χ1n) is 5.32. The van der Waals surface area contributed by atoms with E-state index in [1.807, 2.05) is 11.6 Å². The third kappa shape index (κ3) is 3.01. The highest BCUT2D eigenvalue weighted by molar-refractivity contribution is 7.09. The zero-order chi connectivity index (χ0) is 10.5. The number of aromatic nitrogens is 1. The summed E-state index contributed by atoms with van der Waals surface area (Å²) in [7, 11) is 0. The Morgan fingerprint density at radius 2 is 2.60 bits per heavy atom. The molecule has 1 aromatic rings. The van der Waals surface area contributed by atoms with Crippen molar-refractivity contribution >= 4 is 11.3 Å². The Hall–Kier alpha value is -0.930. The lowest BCUT2D eigenvalue weighted by Crippen LogP contribution is -2.31. The molecule has 0 radical (unpaired) electrons. The van der Waals surface area contributed by atoms with Gasteiger partial charge in [0.1, 0.15) is 0 Å². The molecule has 2 rings (SSSR count). The normalized spacial score (nSPS) is 21.9. The standard InChI is InChI=1S/C12H16N2S/c1-2-3-11-8-10(4-5-13-11)9-12-14-6-7-15-12/h2-3,6-8,11,13H,4-5,9H2,1H3. The number of nitrogens with one attached hydrogen (secondary N) is 1. The molecule has 0 aromatic carbocycles. The summed E-state index contributed by atoms with van der Waals surface area (Å²) in [6, 6.07) is 0.415. The molecule has 0 bridgehead atoms. The molecular formula is C12H16N2S. The van der Waals surface area contributed by atoms with Crippen LogP contribution in [0, 0.1) is 0 Å². The van der Waals surface area contributed by atoms with E-state index in [0.717, 1.165) is 19.4 Å². The van der Waals surface area contributed by atoms with Gasteiger partial charge in [-0.05, 0) is 19.9 Å². The molecule has 0 saturated heterocycles. The number of hydrogen-bond donors (Lipinski definition) is 1. The molecular weight excluding hydrogens is 204 g/mol. The van der Waals surface area contributed by atoms with Crippen LogP contribution in [0.25, 0.3) is 0 Å². The van der Waals surface area contributed by atoms with Crippen LogP contribution in [0.3, 0.4) is 0 Å². The molecule has 1 aliphatic heterocycles. The summed E-state index contributed by atoms with van der Waals surface area (Å²) in [4.78, 5) is 4.32. The number of hydrogen-bond acceptors (Lipinski definition) is 3. The van der Waals surface area contributed by atoms with Crippen molar-refractivity contribution in [2.75, 3.05) is 6.54 Å². The van der Waals surface area contributed by atoms with Crippen LogP contribution in [0.1, 0.15) is 18.4 Å². The van der Waals surface area contributed by atoms with E-state index in [0.29, 0.717) is 6.04 Å². The lowest BCUT2D eigenvalue weighted by molar-refractivity contribution is 0.624. The summed E-state index contributed by atoms with van der Waals surface area (Å²) < 4.78 is 0.